The SMILES string of the molecule is C[C@](N)(C(=O)O)c1ccc(Cl)c(O)c1. The summed E-state index contributed by atoms with van der Waals surface area (Å²) < 4.78 is 0. The van der Waals surface area contributed by atoms with E-state index in [-0.39, 0.29) is 10.8 Å². The van der Waals surface area contributed by atoms with Gasteiger partial charge in [0, 0.05) is 0 Å². The summed E-state index contributed by atoms with van der Waals surface area (Å²) in [5.74, 6) is -1.35. The Hall–Kier alpha value is -1.26. The Bertz CT molecular complexity index is 376. The minimum absolute atomic E-state index is 0.162. The van der Waals surface area contributed by atoms with Crippen LogP contribution in [-0.2, 0) is 10.3 Å². The van der Waals surface area contributed by atoms with Gasteiger partial charge in [-0.2, -0.15) is 0 Å². The Morgan fingerprint density at radius 3 is 2.57 bits per heavy atom. The Kier molecular flexibility index (Phi) is 2.69. The number of hydrogen-bond acceptors (Lipinski definition) is 3. The van der Waals surface area contributed by atoms with Crippen molar-refractivity contribution in [2.75, 3.05) is 0 Å². The van der Waals surface area contributed by atoms with E-state index < -0.39 is 11.5 Å². The van der Waals surface area contributed by atoms with Gasteiger partial charge in [-0.3, -0.25) is 0 Å². The summed E-state index contributed by atoms with van der Waals surface area (Å²) in [6.07, 6.45) is 0. The van der Waals surface area contributed by atoms with Crippen LogP contribution in [0.3, 0.4) is 0 Å². The summed E-state index contributed by atoms with van der Waals surface area (Å²) in [6, 6.07) is 4.12. The molecule has 0 fully saturated rings. The van der Waals surface area contributed by atoms with E-state index in [1.54, 1.807) is 0 Å². The molecule has 0 aliphatic carbocycles. The number of phenolic OH excluding ortho intramolecular Hbond substituents is 1. The van der Waals surface area contributed by atoms with Crippen molar-refractivity contribution < 1.29 is 15.0 Å². The molecular formula is C9H10ClNO3. The summed E-state index contributed by atoms with van der Waals surface area (Å²) in [6.45, 7) is 1.35. The van der Waals surface area contributed by atoms with Crippen LogP contribution < -0.4 is 5.73 Å². The maximum atomic E-state index is 10.8. The van der Waals surface area contributed by atoms with Gasteiger partial charge in [-0.05, 0) is 24.6 Å². The molecular weight excluding hydrogens is 206 g/mol. The highest BCUT2D eigenvalue weighted by atomic mass is 35.5. The highest BCUT2D eigenvalue weighted by molar-refractivity contribution is 6.32. The molecule has 0 amide bonds. The van der Waals surface area contributed by atoms with Crippen LogP contribution in [0.5, 0.6) is 5.75 Å². The quantitative estimate of drug-likeness (QED) is 0.695. The molecule has 4 nitrogen and oxygen atoms in total. The number of hydrogen-bond donors (Lipinski definition) is 3. The van der Waals surface area contributed by atoms with Crippen molar-refractivity contribution in [3.05, 3.63) is 28.8 Å². The lowest BCUT2D eigenvalue weighted by molar-refractivity contribution is -0.143. The lowest BCUT2D eigenvalue weighted by Gasteiger charge is -2.19. The predicted octanol–water partition coefficient (Wildman–Crippen LogP) is 1.30. The molecule has 0 spiro atoms. The number of carbonyl (C=O) groups is 1. The summed E-state index contributed by atoms with van der Waals surface area (Å²) >= 11 is 5.57. The third-order valence-electron chi connectivity index (χ3n) is 1.99. The number of phenols is 1. The lowest BCUT2D eigenvalue weighted by Crippen LogP contribution is -2.41. The minimum Gasteiger partial charge on any atom is -0.506 e. The van der Waals surface area contributed by atoms with Crippen LogP contribution in [0.2, 0.25) is 5.02 Å². The molecule has 0 saturated carbocycles. The monoisotopic (exact) mass is 215 g/mol. The fourth-order valence-electron chi connectivity index (χ4n) is 0.959. The van der Waals surface area contributed by atoms with Gasteiger partial charge in [0.25, 0.3) is 0 Å². The molecule has 76 valence electrons. The van der Waals surface area contributed by atoms with Crippen molar-refractivity contribution in [1.82, 2.24) is 0 Å². The number of nitrogens with two attached hydrogens (primary N) is 1. The van der Waals surface area contributed by atoms with Gasteiger partial charge in [0.15, 0.2) is 0 Å². The maximum Gasteiger partial charge on any atom is 0.328 e. The van der Waals surface area contributed by atoms with E-state index in [1.807, 2.05) is 0 Å². The van der Waals surface area contributed by atoms with Gasteiger partial charge >= 0.3 is 5.97 Å². The van der Waals surface area contributed by atoms with Gasteiger partial charge in [0.2, 0.25) is 0 Å². The first-order valence-electron chi connectivity index (χ1n) is 3.87. The van der Waals surface area contributed by atoms with E-state index in [4.69, 9.17) is 22.4 Å². The van der Waals surface area contributed by atoms with Gasteiger partial charge in [-0.15, -0.1) is 0 Å². The predicted molar refractivity (Wildman–Crippen MR) is 52.3 cm³/mol. The summed E-state index contributed by atoms with van der Waals surface area (Å²) in [5, 5.41) is 18.2. The van der Waals surface area contributed by atoms with E-state index in [0.717, 1.165) is 0 Å². The van der Waals surface area contributed by atoms with E-state index in [1.165, 1.54) is 25.1 Å². The van der Waals surface area contributed by atoms with Crippen LogP contribution in [0.25, 0.3) is 0 Å². The lowest BCUT2D eigenvalue weighted by atomic mass is 9.93. The molecule has 0 heterocycles. The second kappa shape index (κ2) is 3.48. The fraction of sp³-hybridized carbons (Fsp3) is 0.222. The maximum absolute atomic E-state index is 10.8. The van der Waals surface area contributed by atoms with Crippen molar-refractivity contribution in [3.63, 3.8) is 0 Å². The van der Waals surface area contributed by atoms with E-state index in [2.05, 4.69) is 0 Å². The molecule has 0 unspecified atom stereocenters. The average Bonchev–Trinajstić information content (AvgIpc) is 2.09. The normalized spacial score (nSPS) is 14.8. The van der Waals surface area contributed by atoms with Crippen LogP contribution in [0.15, 0.2) is 18.2 Å². The van der Waals surface area contributed by atoms with Gasteiger partial charge < -0.3 is 15.9 Å². The first-order valence-corrected chi connectivity index (χ1v) is 4.24. The van der Waals surface area contributed by atoms with Crippen molar-refractivity contribution in [2.24, 2.45) is 5.73 Å². The summed E-state index contributed by atoms with van der Waals surface area (Å²) in [5.41, 5.74) is 4.32. The second-order valence-corrected chi connectivity index (χ2v) is 3.58. The zero-order valence-corrected chi connectivity index (χ0v) is 8.25. The molecule has 0 saturated heterocycles. The molecule has 1 aromatic rings. The molecule has 5 heteroatoms. The third kappa shape index (κ3) is 1.81. The van der Waals surface area contributed by atoms with Crippen molar-refractivity contribution in [2.45, 2.75) is 12.5 Å². The van der Waals surface area contributed by atoms with E-state index >= 15 is 0 Å². The van der Waals surface area contributed by atoms with E-state index in [0.29, 0.717) is 5.56 Å². The van der Waals surface area contributed by atoms with Gasteiger partial charge in [0.05, 0.1) is 5.02 Å². The molecule has 14 heavy (non-hydrogen) atoms. The highest BCUT2D eigenvalue weighted by Gasteiger charge is 2.30. The van der Waals surface area contributed by atoms with Crippen LogP contribution in [0, 0.1) is 0 Å². The minimum atomic E-state index is -1.53. The zero-order chi connectivity index (χ0) is 10.9. The summed E-state index contributed by atoms with van der Waals surface area (Å²) in [4.78, 5) is 10.8. The fourth-order valence-corrected chi connectivity index (χ4v) is 1.08. The number of aliphatic carboxylic acids is 1. The number of rotatable bonds is 2. The molecule has 1 aromatic carbocycles. The second-order valence-electron chi connectivity index (χ2n) is 3.17. The first-order chi connectivity index (χ1) is 6.35. The highest BCUT2D eigenvalue weighted by Crippen LogP contribution is 2.28. The zero-order valence-electron chi connectivity index (χ0n) is 7.49. The Balaban J connectivity index is 3.21. The van der Waals surface area contributed by atoms with Crippen LogP contribution in [-0.4, -0.2) is 16.2 Å². The number of aromatic hydroxyl groups is 1. The van der Waals surface area contributed by atoms with Gasteiger partial charge in [0.1, 0.15) is 11.3 Å². The Morgan fingerprint density at radius 1 is 1.57 bits per heavy atom. The largest absolute Gasteiger partial charge is 0.506 e. The number of halogens is 1. The van der Waals surface area contributed by atoms with Crippen molar-refractivity contribution in [1.29, 1.82) is 0 Å². The van der Waals surface area contributed by atoms with Crippen molar-refractivity contribution in [3.8, 4) is 5.75 Å². The number of carboxylic acid groups (broad SMARTS) is 1. The molecule has 1 rings (SSSR count). The molecule has 0 aliphatic heterocycles. The van der Waals surface area contributed by atoms with Crippen LogP contribution >= 0.6 is 11.6 Å². The molecule has 0 radical (unpaired) electrons. The Morgan fingerprint density at radius 2 is 2.14 bits per heavy atom. The Labute approximate surface area is 85.9 Å². The van der Waals surface area contributed by atoms with Crippen LogP contribution in [0.4, 0.5) is 0 Å². The van der Waals surface area contributed by atoms with Gasteiger partial charge in [-0.1, -0.05) is 17.7 Å². The number of carboxylic acids is 1. The number of benzene rings is 1. The van der Waals surface area contributed by atoms with E-state index in [9.17, 15) is 9.90 Å². The summed E-state index contributed by atoms with van der Waals surface area (Å²) in [7, 11) is 0. The molecule has 0 aromatic heterocycles. The average molecular weight is 216 g/mol. The third-order valence-corrected chi connectivity index (χ3v) is 2.31. The molecule has 1 atom stereocenters. The van der Waals surface area contributed by atoms with Crippen molar-refractivity contribution >= 4 is 17.6 Å². The molecule has 4 N–H and O–H groups in total. The smallest absolute Gasteiger partial charge is 0.328 e. The first kappa shape index (κ1) is 10.8. The van der Waals surface area contributed by atoms with Crippen LogP contribution in [0.1, 0.15) is 12.5 Å². The van der Waals surface area contributed by atoms with Gasteiger partial charge in [-0.25, -0.2) is 4.79 Å². The molecule has 0 bridgehead atoms. The standard InChI is InChI=1S/C9H10ClNO3/c1-9(11,8(13)14)5-2-3-6(10)7(12)4-5/h2-4,12H,11H2,1H3,(H,13,14)/t9-/m1/s1. The molecule has 0 aliphatic rings. The topological polar surface area (TPSA) is 83.6 Å².